The third-order valence-corrected chi connectivity index (χ3v) is 2.41. The number of methoxy groups -OCH3 is 1. The molecular formula is C13H17NO4. The van der Waals surface area contributed by atoms with Crippen molar-refractivity contribution in [3.05, 3.63) is 29.8 Å². The summed E-state index contributed by atoms with van der Waals surface area (Å²) in [5, 5.41) is 11.8. The van der Waals surface area contributed by atoms with Crippen molar-refractivity contribution in [2.24, 2.45) is 0 Å². The number of amides is 1. The van der Waals surface area contributed by atoms with E-state index in [4.69, 9.17) is 5.11 Å². The molecule has 18 heavy (non-hydrogen) atoms. The summed E-state index contributed by atoms with van der Waals surface area (Å²) in [6, 6.07) is 6.48. The van der Waals surface area contributed by atoms with Gasteiger partial charge in [-0.05, 0) is 24.1 Å². The van der Waals surface area contributed by atoms with E-state index in [1.165, 1.54) is 7.11 Å². The van der Waals surface area contributed by atoms with E-state index in [0.717, 1.165) is 5.56 Å². The van der Waals surface area contributed by atoms with Crippen LogP contribution in [0.4, 0.5) is 0 Å². The number of esters is 1. The van der Waals surface area contributed by atoms with Crippen LogP contribution in [0.5, 0.6) is 5.75 Å². The summed E-state index contributed by atoms with van der Waals surface area (Å²) in [4.78, 5) is 22.3. The predicted molar refractivity (Wildman–Crippen MR) is 66.1 cm³/mol. The van der Waals surface area contributed by atoms with Crippen molar-refractivity contribution in [3.8, 4) is 5.75 Å². The maximum Gasteiger partial charge on any atom is 0.305 e. The van der Waals surface area contributed by atoms with Crippen LogP contribution in [-0.2, 0) is 20.7 Å². The van der Waals surface area contributed by atoms with Crippen molar-refractivity contribution in [2.45, 2.75) is 19.3 Å². The van der Waals surface area contributed by atoms with E-state index < -0.39 is 0 Å². The number of rotatable bonds is 6. The van der Waals surface area contributed by atoms with Crippen molar-refractivity contribution in [1.82, 2.24) is 5.32 Å². The van der Waals surface area contributed by atoms with Gasteiger partial charge in [0.1, 0.15) is 5.75 Å². The van der Waals surface area contributed by atoms with Crippen LogP contribution in [0.2, 0.25) is 0 Å². The van der Waals surface area contributed by atoms with E-state index in [9.17, 15) is 9.59 Å². The number of ether oxygens (including phenoxy) is 1. The second kappa shape index (κ2) is 7.32. The minimum absolute atomic E-state index is 0.106. The van der Waals surface area contributed by atoms with Gasteiger partial charge >= 0.3 is 5.97 Å². The number of phenols is 1. The topological polar surface area (TPSA) is 75.6 Å². The molecule has 5 nitrogen and oxygen atoms in total. The van der Waals surface area contributed by atoms with Crippen molar-refractivity contribution in [2.75, 3.05) is 13.7 Å². The molecule has 0 saturated carbocycles. The standard InChI is InChI=1S/C13H17NO4/c1-18-13(17)3-2-8-14-12(16)9-10-4-6-11(15)7-5-10/h4-7,15H,2-3,8-9H2,1H3,(H,14,16). The quantitative estimate of drug-likeness (QED) is 0.584. The SMILES string of the molecule is COC(=O)CCCNC(=O)Cc1ccc(O)cc1. The molecule has 1 aromatic rings. The molecule has 1 rings (SSSR count). The van der Waals surface area contributed by atoms with Gasteiger partial charge in [-0.2, -0.15) is 0 Å². The molecule has 0 saturated heterocycles. The first-order valence-electron chi connectivity index (χ1n) is 5.73. The first-order valence-corrected chi connectivity index (χ1v) is 5.73. The van der Waals surface area contributed by atoms with Crippen molar-refractivity contribution in [3.63, 3.8) is 0 Å². The van der Waals surface area contributed by atoms with Gasteiger partial charge in [-0.15, -0.1) is 0 Å². The Balaban J connectivity index is 2.21. The molecule has 0 aliphatic carbocycles. The molecule has 0 heterocycles. The van der Waals surface area contributed by atoms with E-state index in [0.29, 0.717) is 19.4 Å². The molecular weight excluding hydrogens is 234 g/mol. The summed E-state index contributed by atoms with van der Waals surface area (Å²) < 4.78 is 4.49. The fraction of sp³-hybridized carbons (Fsp3) is 0.385. The molecule has 1 aromatic carbocycles. The van der Waals surface area contributed by atoms with Gasteiger partial charge in [-0.3, -0.25) is 9.59 Å². The average Bonchev–Trinajstić information content (AvgIpc) is 2.37. The van der Waals surface area contributed by atoms with E-state index >= 15 is 0 Å². The Morgan fingerprint density at radius 1 is 1.28 bits per heavy atom. The number of phenolic OH excluding ortho intramolecular Hbond substituents is 1. The van der Waals surface area contributed by atoms with Crippen LogP contribution in [0.25, 0.3) is 0 Å². The average molecular weight is 251 g/mol. The Labute approximate surface area is 106 Å². The molecule has 0 fully saturated rings. The van der Waals surface area contributed by atoms with E-state index in [-0.39, 0.29) is 24.0 Å². The molecule has 0 unspecified atom stereocenters. The lowest BCUT2D eigenvalue weighted by Gasteiger charge is -2.05. The van der Waals surface area contributed by atoms with Crippen LogP contribution in [0, 0.1) is 0 Å². The summed E-state index contributed by atoms with van der Waals surface area (Å²) in [5.41, 5.74) is 0.832. The largest absolute Gasteiger partial charge is 0.508 e. The Kier molecular flexibility index (Phi) is 5.70. The zero-order valence-corrected chi connectivity index (χ0v) is 10.3. The third-order valence-electron chi connectivity index (χ3n) is 2.41. The highest BCUT2D eigenvalue weighted by Gasteiger charge is 2.04. The zero-order valence-electron chi connectivity index (χ0n) is 10.3. The summed E-state index contributed by atoms with van der Waals surface area (Å²) >= 11 is 0. The number of hydrogen-bond donors (Lipinski definition) is 2. The molecule has 2 N–H and O–H groups in total. The van der Waals surface area contributed by atoms with E-state index in [2.05, 4.69) is 10.1 Å². The molecule has 5 heteroatoms. The molecule has 0 atom stereocenters. The Morgan fingerprint density at radius 3 is 2.56 bits per heavy atom. The fourth-order valence-electron chi connectivity index (χ4n) is 1.42. The number of benzene rings is 1. The normalized spacial score (nSPS) is 9.83. The minimum atomic E-state index is -0.275. The molecule has 1 amide bonds. The number of nitrogens with one attached hydrogen (secondary N) is 1. The molecule has 0 aromatic heterocycles. The highest BCUT2D eigenvalue weighted by atomic mass is 16.5. The van der Waals surface area contributed by atoms with Gasteiger partial charge in [0, 0.05) is 13.0 Å². The van der Waals surface area contributed by atoms with E-state index in [1.807, 2.05) is 0 Å². The van der Waals surface area contributed by atoms with Crippen molar-refractivity contribution >= 4 is 11.9 Å². The number of carbonyl (C=O) groups is 2. The van der Waals surface area contributed by atoms with Crippen molar-refractivity contribution in [1.29, 1.82) is 0 Å². The summed E-state index contributed by atoms with van der Waals surface area (Å²) in [6.07, 6.45) is 1.13. The maximum atomic E-state index is 11.5. The zero-order chi connectivity index (χ0) is 13.4. The lowest BCUT2D eigenvalue weighted by molar-refractivity contribution is -0.140. The van der Waals surface area contributed by atoms with Crippen LogP contribution in [0.3, 0.4) is 0 Å². The molecule has 0 spiro atoms. The van der Waals surface area contributed by atoms with Gasteiger partial charge in [-0.25, -0.2) is 0 Å². The van der Waals surface area contributed by atoms with E-state index in [1.54, 1.807) is 24.3 Å². The second-order valence-corrected chi connectivity index (χ2v) is 3.87. The molecule has 0 radical (unpaired) electrons. The highest BCUT2D eigenvalue weighted by Crippen LogP contribution is 2.09. The fourth-order valence-corrected chi connectivity index (χ4v) is 1.42. The van der Waals surface area contributed by atoms with Crippen LogP contribution in [0.1, 0.15) is 18.4 Å². The van der Waals surface area contributed by atoms with Crippen LogP contribution < -0.4 is 5.32 Å². The first-order chi connectivity index (χ1) is 8.61. The summed E-state index contributed by atoms with van der Waals surface area (Å²) in [5.74, 6) is -0.203. The Hall–Kier alpha value is -2.04. The smallest absolute Gasteiger partial charge is 0.305 e. The number of carbonyl (C=O) groups excluding carboxylic acids is 2. The number of aromatic hydroxyl groups is 1. The van der Waals surface area contributed by atoms with Gasteiger partial charge in [0.25, 0.3) is 0 Å². The summed E-state index contributed by atoms with van der Waals surface area (Å²) in [6.45, 7) is 0.450. The monoisotopic (exact) mass is 251 g/mol. The molecule has 98 valence electrons. The van der Waals surface area contributed by atoms with Crippen molar-refractivity contribution < 1.29 is 19.4 Å². The van der Waals surface area contributed by atoms with Gasteiger partial charge in [-0.1, -0.05) is 12.1 Å². The van der Waals surface area contributed by atoms with Crippen LogP contribution in [-0.4, -0.2) is 30.6 Å². The van der Waals surface area contributed by atoms with Gasteiger partial charge in [0.15, 0.2) is 0 Å². The van der Waals surface area contributed by atoms with Gasteiger partial charge in [0.2, 0.25) is 5.91 Å². The molecule has 0 bridgehead atoms. The number of hydrogen-bond acceptors (Lipinski definition) is 4. The third kappa shape index (κ3) is 5.34. The molecule has 0 aliphatic rings. The Morgan fingerprint density at radius 2 is 1.94 bits per heavy atom. The second-order valence-electron chi connectivity index (χ2n) is 3.87. The lowest BCUT2D eigenvalue weighted by atomic mass is 10.1. The maximum absolute atomic E-state index is 11.5. The minimum Gasteiger partial charge on any atom is -0.508 e. The first kappa shape index (κ1) is 14.0. The van der Waals surface area contributed by atoms with Gasteiger partial charge < -0.3 is 15.2 Å². The Bertz CT molecular complexity index is 400. The lowest BCUT2D eigenvalue weighted by Crippen LogP contribution is -2.26. The van der Waals surface area contributed by atoms with Gasteiger partial charge in [0.05, 0.1) is 13.5 Å². The predicted octanol–water partition coefficient (Wildman–Crippen LogP) is 1.00. The molecule has 0 aliphatic heterocycles. The van der Waals surface area contributed by atoms with Crippen LogP contribution >= 0.6 is 0 Å². The highest BCUT2D eigenvalue weighted by molar-refractivity contribution is 5.78. The van der Waals surface area contributed by atoms with Crippen LogP contribution in [0.15, 0.2) is 24.3 Å². The summed E-state index contributed by atoms with van der Waals surface area (Å²) in [7, 11) is 1.34.